The third kappa shape index (κ3) is 3.28. The molecule has 1 saturated heterocycles. The van der Waals surface area contributed by atoms with Gasteiger partial charge in [0.05, 0.1) is 0 Å². The largest absolute Gasteiger partial charge is 0.329 e. The Morgan fingerprint density at radius 3 is 3.00 bits per heavy atom. The van der Waals surface area contributed by atoms with Gasteiger partial charge in [0.15, 0.2) is 0 Å². The summed E-state index contributed by atoms with van der Waals surface area (Å²) in [6.07, 6.45) is 4.98. The van der Waals surface area contributed by atoms with E-state index in [-0.39, 0.29) is 0 Å². The van der Waals surface area contributed by atoms with Crippen LogP contribution in [-0.4, -0.2) is 53.5 Å². The van der Waals surface area contributed by atoms with Crippen molar-refractivity contribution in [1.82, 2.24) is 14.8 Å². The molecule has 0 spiro atoms. The monoisotopic (exact) mass is 248 g/mol. The number of likely N-dealkylation sites (N-methyl/N-ethyl adjacent to an activating group) is 1. The van der Waals surface area contributed by atoms with Gasteiger partial charge in [-0.2, -0.15) is 0 Å². The van der Waals surface area contributed by atoms with Crippen molar-refractivity contribution in [3.8, 4) is 0 Å². The number of rotatable bonds is 3. The molecule has 4 heteroatoms. The standard InChI is InChI=1S/C14H24N4/c1-12-5-7-18(11-14(8-15)17(12)2)10-13-4-3-6-16-9-13/h3-4,6,9,12,14H,5,7-8,10-11,15H2,1-2H3. The maximum atomic E-state index is 5.90. The second kappa shape index (κ2) is 6.27. The first-order chi connectivity index (χ1) is 8.70. The molecule has 1 aliphatic rings. The Balaban J connectivity index is 2.01. The number of aromatic nitrogens is 1. The quantitative estimate of drug-likeness (QED) is 0.864. The van der Waals surface area contributed by atoms with Crippen LogP contribution in [0, 0.1) is 0 Å². The molecule has 4 nitrogen and oxygen atoms in total. The van der Waals surface area contributed by atoms with Crippen LogP contribution in [0.5, 0.6) is 0 Å². The van der Waals surface area contributed by atoms with E-state index in [1.165, 1.54) is 12.0 Å². The molecule has 2 heterocycles. The minimum absolute atomic E-state index is 0.458. The first kappa shape index (κ1) is 13.5. The third-order valence-corrected chi connectivity index (χ3v) is 4.00. The van der Waals surface area contributed by atoms with Crippen molar-refractivity contribution in [2.45, 2.75) is 32.0 Å². The lowest BCUT2D eigenvalue weighted by Gasteiger charge is -2.30. The normalized spacial score (nSPS) is 27.1. The molecule has 2 N–H and O–H groups in total. The van der Waals surface area contributed by atoms with E-state index >= 15 is 0 Å². The van der Waals surface area contributed by atoms with Gasteiger partial charge in [0.1, 0.15) is 0 Å². The molecular weight excluding hydrogens is 224 g/mol. The fourth-order valence-corrected chi connectivity index (χ4v) is 2.59. The number of pyridine rings is 1. The Labute approximate surface area is 110 Å². The molecular formula is C14H24N4. The summed E-state index contributed by atoms with van der Waals surface area (Å²) in [5, 5.41) is 0. The molecule has 2 rings (SSSR count). The zero-order chi connectivity index (χ0) is 13.0. The highest BCUT2D eigenvalue weighted by Crippen LogP contribution is 2.15. The average molecular weight is 248 g/mol. The lowest BCUT2D eigenvalue weighted by atomic mass is 10.2. The van der Waals surface area contributed by atoms with Gasteiger partial charge in [0, 0.05) is 50.7 Å². The van der Waals surface area contributed by atoms with Gasteiger partial charge in [0.25, 0.3) is 0 Å². The van der Waals surface area contributed by atoms with E-state index in [0.29, 0.717) is 12.1 Å². The number of nitrogens with zero attached hydrogens (tertiary/aromatic N) is 3. The summed E-state index contributed by atoms with van der Waals surface area (Å²) < 4.78 is 0. The van der Waals surface area contributed by atoms with Gasteiger partial charge in [-0.3, -0.25) is 14.8 Å². The molecule has 2 unspecified atom stereocenters. The Kier molecular flexibility index (Phi) is 4.69. The average Bonchev–Trinajstić information content (AvgIpc) is 2.53. The molecule has 1 aliphatic heterocycles. The van der Waals surface area contributed by atoms with Crippen LogP contribution < -0.4 is 5.73 Å². The molecule has 100 valence electrons. The highest BCUT2D eigenvalue weighted by atomic mass is 15.2. The zero-order valence-corrected chi connectivity index (χ0v) is 11.4. The van der Waals surface area contributed by atoms with Crippen molar-refractivity contribution >= 4 is 0 Å². The highest BCUT2D eigenvalue weighted by Gasteiger charge is 2.25. The Hall–Kier alpha value is -0.970. The second-order valence-electron chi connectivity index (χ2n) is 5.29. The lowest BCUT2D eigenvalue weighted by molar-refractivity contribution is 0.178. The maximum absolute atomic E-state index is 5.90. The van der Waals surface area contributed by atoms with Crippen molar-refractivity contribution in [2.75, 3.05) is 26.7 Å². The summed E-state index contributed by atoms with van der Waals surface area (Å²) in [4.78, 5) is 9.10. The van der Waals surface area contributed by atoms with Gasteiger partial charge in [-0.15, -0.1) is 0 Å². The Morgan fingerprint density at radius 2 is 2.33 bits per heavy atom. The van der Waals surface area contributed by atoms with Crippen LogP contribution in [0.25, 0.3) is 0 Å². The van der Waals surface area contributed by atoms with Crippen LogP contribution in [0.4, 0.5) is 0 Å². The Morgan fingerprint density at radius 1 is 1.50 bits per heavy atom. The topological polar surface area (TPSA) is 45.4 Å². The summed E-state index contributed by atoms with van der Waals surface area (Å²) in [5.74, 6) is 0. The van der Waals surface area contributed by atoms with E-state index < -0.39 is 0 Å². The first-order valence-corrected chi connectivity index (χ1v) is 6.74. The van der Waals surface area contributed by atoms with Crippen molar-refractivity contribution in [3.05, 3.63) is 30.1 Å². The summed E-state index contributed by atoms with van der Waals surface area (Å²) in [6.45, 7) is 6.18. The van der Waals surface area contributed by atoms with Crippen LogP contribution in [0.1, 0.15) is 18.9 Å². The van der Waals surface area contributed by atoms with Crippen molar-refractivity contribution in [1.29, 1.82) is 0 Å². The predicted molar refractivity (Wildman–Crippen MR) is 74.2 cm³/mol. The van der Waals surface area contributed by atoms with E-state index in [1.54, 1.807) is 0 Å². The van der Waals surface area contributed by atoms with E-state index in [0.717, 1.165) is 26.2 Å². The van der Waals surface area contributed by atoms with Crippen molar-refractivity contribution in [2.24, 2.45) is 5.73 Å². The number of nitrogens with two attached hydrogens (primary N) is 1. The molecule has 18 heavy (non-hydrogen) atoms. The van der Waals surface area contributed by atoms with Crippen LogP contribution in [0.2, 0.25) is 0 Å². The zero-order valence-electron chi connectivity index (χ0n) is 11.4. The predicted octanol–water partition coefficient (Wildman–Crippen LogP) is 0.935. The van der Waals surface area contributed by atoms with Gasteiger partial charge in [-0.05, 0) is 32.0 Å². The molecule has 0 aliphatic carbocycles. The second-order valence-corrected chi connectivity index (χ2v) is 5.29. The summed E-state index contributed by atoms with van der Waals surface area (Å²) in [5.41, 5.74) is 7.18. The van der Waals surface area contributed by atoms with Crippen LogP contribution in [0.3, 0.4) is 0 Å². The highest BCUT2D eigenvalue weighted by molar-refractivity contribution is 5.08. The van der Waals surface area contributed by atoms with E-state index in [4.69, 9.17) is 5.73 Å². The minimum atomic E-state index is 0.458. The van der Waals surface area contributed by atoms with Crippen LogP contribution in [-0.2, 0) is 6.54 Å². The van der Waals surface area contributed by atoms with Gasteiger partial charge >= 0.3 is 0 Å². The fraction of sp³-hybridized carbons (Fsp3) is 0.643. The van der Waals surface area contributed by atoms with E-state index in [1.807, 2.05) is 18.5 Å². The molecule has 2 atom stereocenters. The molecule has 1 aromatic rings. The molecule has 0 saturated carbocycles. The SMILES string of the molecule is CC1CCN(Cc2cccnc2)CC(CN)N1C. The third-order valence-electron chi connectivity index (χ3n) is 4.00. The number of hydrogen-bond acceptors (Lipinski definition) is 4. The molecule has 1 aromatic heterocycles. The molecule has 0 amide bonds. The molecule has 1 fully saturated rings. The van der Waals surface area contributed by atoms with E-state index in [2.05, 4.69) is 34.8 Å². The summed E-state index contributed by atoms with van der Waals surface area (Å²) in [6, 6.07) is 5.21. The minimum Gasteiger partial charge on any atom is -0.329 e. The molecule has 0 radical (unpaired) electrons. The Bertz CT molecular complexity index is 354. The van der Waals surface area contributed by atoms with Gasteiger partial charge in [-0.25, -0.2) is 0 Å². The van der Waals surface area contributed by atoms with Gasteiger partial charge in [-0.1, -0.05) is 6.07 Å². The summed E-state index contributed by atoms with van der Waals surface area (Å²) in [7, 11) is 2.19. The van der Waals surface area contributed by atoms with Crippen molar-refractivity contribution in [3.63, 3.8) is 0 Å². The first-order valence-electron chi connectivity index (χ1n) is 6.74. The van der Waals surface area contributed by atoms with Crippen LogP contribution in [0.15, 0.2) is 24.5 Å². The fourth-order valence-electron chi connectivity index (χ4n) is 2.59. The molecule has 0 aromatic carbocycles. The maximum Gasteiger partial charge on any atom is 0.0345 e. The van der Waals surface area contributed by atoms with Gasteiger partial charge < -0.3 is 5.73 Å². The smallest absolute Gasteiger partial charge is 0.0345 e. The van der Waals surface area contributed by atoms with E-state index in [9.17, 15) is 0 Å². The van der Waals surface area contributed by atoms with Crippen LogP contribution >= 0.6 is 0 Å². The summed E-state index contributed by atoms with van der Waals surface area (Å²) >= 11 is 0. The molecule has 0 bridgehead atoms. The lowest BCUT2D eigenvalue weighted by Crippen LogP contribution is -2.46. The van der Waals surface area contributed by atoms with Gasteiger partial charge in [0.2, 0.25) is 0 Å². The van der Waals surface area contributed by atoms with Crippen molar-refractivity contribution < 1.29 is 0 Å². The number of hydrogen-bond donors (Lipinski definition) is 1.